The Bertz CT molecular complexity index is 580. The van der Waals surface area contributed by atoms with Gasteiger partial charge in [0.1, 0.15) is 17.6 Å². The molecule has 0 amide bonds. The molecule has 3 nitrogen and oxygen atoms in total. The zero-order valence-electron chi connectivity index (χ0n) is 11.6. The van der Waals surface area contributed by atoms with Gasteiger partial charge < -0.3 is 15.2 Å². The van der Waals surface area contributed by atoms with Crippen LogP contribution in [-0.4, -0.2) is 12.7 Å². The van der Waals surface area contributed by atoms with Crippen molar-refractivity contribution in [2.75, 3.05) is 6.61 Å². The molecule has 0 aliphatic heterocycles. The van der Waals surface area contributed by atoms with Crippen LogP contribution in [0.25, 0.3) is 0 Å². The number of fused-ring (bicyclic) bond motifs is 1. The molecule has 20 heavy (non-hydrogen) atoms. The summed E-state index contributed by atoms with van der Waals surface area (Å²) < 4.78 is 11.4. The second-order valence-corrected chi connectivity index (χ2v) is 4.99. The average molecular weight is 269 g/mol. The SMILES string of the molecule is CCOc1ccc(OC2Cc3ccccc3C2N)cc1. The molecule has 1 aliphatic carbocycles. The molecule has 2 unspecified atom stereocenters. The van der Waals surface area contributed by atoms with Crippen LogP contribution in [0.15, 0.2) is 48.5 Å². The van der Waals surface area contributed by atoms with Crippen LogP contribution in [0.5, 0.6) is 11.5 Å². The lowest BCUT2D eigenvalue weighted by Gasteiger charge is -2.18. The van der Waals surface area contributed by atoms with Crippen molar-refractivity contribution in [2.24, 2.45) is 5.73 Å². The van der Waals surface area contributed by atoms with Crippen LogP contribution in [0.4, 0.5) is 0 Å². The number of hydrogen-bond acceptors (Lipinski definition) is 3. The summed E-state index contributed by atoms with van der Waals surface area (Å²) in [5.74, 6) is 1.69. The molecule has 0 bridgehead atoms. The van der Waals surface area contributed by atoms with Gasteiger partial charge in [-0.2, -0.15) is 0 Å². The van der Waals surface area contributed by atoms with E-state index in [0.717, 1.165) is 17.9 Å². The first kappa shape index (κ1) is 13.0. The molecule has 3 rings (SSSR count). The fourth-order valence-electron chi connectivity index (χ4n) is 2.66. The molecule has 2 N–H and O–H groups in total. The molecule has 2 aromatic carbocycles. The molecule has 0 saturated heterocycles. The summed E-state index contributed by atoms with van der Waals surface area (Å²) >= 11 is 0. The van der Waals surface area contributed by atoms with E-state index in [2.05, 4.69) is 12.1 Å². The summed E-state index contributed by atoms with van der Waals surface area (Å²) in [6.07, 6.45) is 0.871. The highest BCUT2D eigenvalue weighted by molar-refractivity contribution is 5.37. The zero-order valence-corrected chi connectivity index (χ0v) is 11.6. The monoisotopic (exact) mass is 269 g/mol. The zero-order chi connectivity index (χ0) is 13.9. The van der Waals surface area contributed by atoms with E-state index in [0.29, 0.717) is 6.61 Å². The van der Waals surface area contributed by atoms with Crippen LogP contribution in [0.2, 0.25) is 0 Å². The van der Waals surface area contributed by atoms with Crippen molar-refractivity contribution in [3.63, 3.8) is 0 Å². The Balaban J connectivity index is 1.70. The molecule has 0 radical (unpaired) electrons. The maximum absolute atomic E-state index is 6.27. The van der Waals surface area contributed by atoms with Crippen molar-refractivity contribution in [2.45, 2.75) is 25.5 Å². The summed E-state index contributed by atoms with van der Waals surface area (Å²) in [7, 11) is 0. The molecular formula is C17H19NO2. The number of rotatable bonds is 4. The largest absolute Gasteiger partial charge is 0.494 e. The van der Waals surface area contributed by atoms with E-state index in [1.807, 2.05) is 43.3 Å². The maximum atomic E-state index is 6.27. The van der Waals surface area contributed by atoms with E-state index in [-0.39, 0.29) is 12.1 Å². The first-order valence-corrected chi connectivity index (χ1v) is 7.01. The van der Waals surface area contributed by atoms with E-state index < -0.39 is 0 Å². The average Bonchev–Trinajstić information content (AvgIpc) is 2.79. The van der Waals surface area contributed by atoms with Crippen LogP contribution in [-0.2, 0) is 6.42 Å². The number of hydrogen-bond donors (Lipinski definition) is 1. The van der Waals surface area contributed by atoms with Gasteiger partial charge in [0.25, 0.3) is 0 Å². The molecule has 0 heterocycles. The van der Waals surface area contributed by atoms with Crippen molar-refractivity contribution >= 4 is 0 Å². The third-order valence-corrected chi connectivity index (χ3v) is 3.66. The summed E-state index contributed by atoms with van der Waals surface area (Å²) in [6, 6.07) is 15.9. The quantitative estimate of drug-likeness (QED) is 0.927. The number of nitrogens with two attached hydrogens (primary N) is 1. The van der Waals surface area contributed by atoms with Gasteiger partial charge in [-0.1, -0.05) is 24.3 Å². The Morgan fingerprint density at radius 1 is 1.05 bits per heavy atom. The highest BCUT2D eigenvalue weighted by Gasteiger charge is 2.30. The normalized spacial score (nSPS) is 20.5. The van der Waals surface area contributed by atoms with E-state index in [1.54, 1.807) is 0 Å². The third-order valence-electron chi connectivity index (χ3n) is 3.66. The summed E-state index contributed by atoms with van der Waals surface area (Å²) in [5.41, 5.74) is 8.75. The predicted molar refractivity (Wildman–Crippen MR) is 79.1 cm³/mol. The van der Waals surface area contributed by atoms with Gasteiger partial charge in [-0.3, -0.25) is 0 Å². The van der Waals surface area contributed by atoms with Gasteiger partial charge >= 0.3 is 0 Å². The van der Waals surface area contributed by atoms with Crippen molar-refractivity contribution < 1.29 is 9.47 Å². The second kappa shape index (κ2) is 5.55. The minimum atomic E-state index is -0.0576. The first-order chi connectivity index (χ1) is 9.78. The van der Waals surface area contributed by atoms with Crippen LogP contribution in [0.1, 0.15) is 24.1 Å². The standard InChI is InChI=1S/C17H19NO2/c1-2-19-13-7-9-14(10-8-13)20-16-11-12-5-3-4-6-15(12)17(16)18/h3-10,16-17H,2,11,18H2,1H3. The van der Waals surface area contributed by atoms with E-state index in [9.17, 15) is 0 Å². The highest BCUT2D eigenvalue weighted by atomic mass is 16.5. The Labute approximate surface area is 119 Å². The van der Waals surface area contributed by atoms with Gasteiger partial charge in [0.2, 0.25) is 0 Å². The molecule has 0 fully saturated rings. The number of benzene rings is 2. The lowest BCUT2D eigenvalue weighted by molar-refractivity contribution is 0.185. The highest BCUT2D eigenvalue weighted by Crippen LogP contribution is 2.32. The minimum absolute atomic E-state index is 0.00495. The van der Waals surface area contributed by atoms with Gasteiger partial charge in [0.15, 0.2) is 0 Å². The van der Waals surface area contributed by atoms with Crippen LogP contribution < -0.4 is 15.2 Å². The Kier molecular flexibility index (Phi) is 3.61. The Hall–Kier alpha value is -2.00. The molecule has 0 aromatic heterocycles. The van der Waals surface area contributed by atoms with E-state index in [4.69, 9.17) is 15.2 Å². The van der Waals surface area contributed by atoms with Crippen molar-refractivity contribution in [1.82, 2.24) is 0 Å². The van der Waals surface area contributed by atoms with Gasteiger partial charge in [-0.05, 0) is 42.3 Å². The molecule has 3 heteroatoms. The van der Waals surface area contributed by atoms with Gasteiger partial charge in [0, 0.05) is 6.42 Å². The van der Waals surface area contributed by atoms with E-state index in [1.165, 1.54) is 11.1 Å². The van der Waals surface area contributed by atoms with Crippen molar-refractivity contribution in [3.8, 4) is 11.5 Å². The van der Waals surface area contributed by atoms with Crippen LogP contribution in [0.3, 0.4) is 0 Å². The third kappa shape index (κ3) is 2.49. The fourth-order valence-corrected chi connectivity index (χ4v) is 2.66. The van der Waals surface area contributed by atoms with Crippen LogP contribution in [0, 0.1) is 0 Å². The second-order valence-electron chi connectivity index (χ2n) is 4.99. The minimum Gasteiger partial charge on any atom is -0.494 e. The lowest BCUT2D eigenvalue weighted by atomic mass is 10.1. The molecular weight excluding hydrogens is 250 g/mol. The topological polar surface area (TPSA) is 44.5 Å². The first-order valence-electron chi connectivity index (χ1n) is 7.01. The van der Waals surface area contributed by atoms with Gasteiger partial charge in [-0.25, -0.2) is 0 Å². The molecule has 104 valence electrons. The van der Waals surface area contributed by atoms with Crippen LogP contribution >= 0.6 is 0 Å². The molecule has 1 aliphatic rings. The smallest absolute Gasteiger partial charge is 0.122 e. The van der Waals surface area contributed by atoms with Gasteiger partial charge in [-0.15, -0.1) is 0 Å². The predicted octanol–water partition coefficient (Wildman–Crippen LogP) is 3.09. The lowest BCUT2D eigenvalue weighted by Crippen LogP contribution is -2.27. The van der Waals surface area contributed by atoms with Crippen molar-refractivity contribution in [3.05, 3.63) is 59.7 Å². The summed E-state index contributed by atoms with van der Waals surface area (Å²) in [4.78, 5) is 0. The Morgan fingerprint density at radius 3 is 2.45 bits per heavy atom. The Morgan fingerprint density at radius 2 is 1.75 bits per heavy atom. The molecule has 0 spiro atoms. The maximum Gasteiger partial charge on any atom is 0.122 e. The van der Waals surface area contributed by atoms with Gasteiger partial charge in [0.05, 0.1) is 12.6 Å². The number of ether oxygens (including phenoxy) is 2. The summed E-state index contributed by atoms with van der Waals surface area (Å²) in [6.45, 7) is 2.64. The molecule has 0 saturated carbocycles. The molecule has 2 aromatic rings. The molecule has 2 atom stereocenters. The van der Waals surface area contributed by atoms with E-state index >= 15 is 0 Å². The van der Waals surface area contributed by atoms with Crippen molar-refractivity contribution in [1.29, 1.82) is 0 Å². The fraction of sp³-hybridized carbons (Fsp3) is 0.294. The summed E-state index contributed by atoms with van der Waals surface area (Å²) in [5, 5.41) is 0.